The Morgan fingerprint density at radius 2 is 0.852 bits per heavy atom. The molecule has 0 aliphatic rings. The van der Waals surface area contributed by atoms with Crippen LogP contribution in [0.4, 0.5) is 4.20 Å². The van der Waals surface area contributed by atoms with Crippen LogP contribution in [0.25, 0.3) is 0 Å². The van der Waals surface area contributed by atoms with E-state index in [9.17, 15) is 4.20 Å². The van der Waals surface area contributed by atoms with Crippen molar-refractivity contribution in [3.8, 4) is 0 Å². The van der Waals surface area contributed by atoms with Crippen LogP contribution in [0, 0.1) is 0 Å². The van der Waals surface area contributed by atoms with E-state index in [1.807, 2.05) is 0 Å². The van der Waals surface area contributed by atoms with Gasteiger partial charge in [-0.3, -0.25) is 0 Å². The number of unbranched alkanes of at least 4 members (excludes halogenated alkanes) is 19. The van der Waals surface area contributed by atoms with Crippen LogP contribution in [0.1, 0.15) is 135 Å². The predicted molar refractivity (Wildman–Crippen MR) is 122 cm³/mol. The van der Waals surface area contributed by atoms with Crippen LogP contribution in [-0.2, 0) is 16.3 Å². The third kappa shape index (κ3) is 26.5. The summed E-state index contributed by atoms with van der Waals surface area (Å²) in [5.74, 6) is 0. The Labute approximate surface area is 174 Å². The van der Waals surface area contributed by atoms with Crippen LogP contribution in [-0.4, -0.2) is 11.5 Å². The van der Waals surface area contributed by atoms with E-state index >= 15 is 0 Å². The maximum Gasteiger partial charge on any atom is 0.363 e. The summed E-state index contributed by atoms with van der Waals surface area (Å²) < 4.78 is 17.2. The predicted octanol–water partition coefficient (Wildman–Crippen LogP) is 9.01. The standard InChI is InChI=1S/C22H46FO2PS/c1-2-3-4-5-6-7-8-9-10-11-12-13-14-15-16-17-18-19-20-21-22-25-26(23,24)27/h2-22H2,1H3,(H,24,27). The van der Waals surface area contributed by atoms with Gasteiger partial charge in [0.1, 0.15) is 0 Å². The topological polar surface area (TPSA) is 29.5 Å². The average Bonchev–Trinajstić information content (AvgIpc) is 2.62. The molecule has 0 fully saturated rings. The van der Waals surface area contributed by atoms with Crippen molar-refractivity contribution in [2.45, 2.75) is 135 Å². The first-order chi connectivity index (χ1) is 13.1. The Balaban J connectivity index is 3.02. The highest BCUT2D eigenvalue weighted by Gasteiger charge is 2.09. The van der Waals surface area contributed by atoms with Crippen molar-refractivity contribution >= 4 is 18.6 Å². The molecule has 0 saturated carbocycles. The highest BCUT2D eigenvalue weighted by molar-refractivity contribution is 8.06. The zero-order chi connectivity index (χ0) is 20.1. The second kappa shape index (κ2) is 21.2. The second-order valence-corrected chi connectivity index (χ2v) is 10.5. The summed E-state index contributed by atoms with van der Waals surface area (Å²) in [6.07, 6.45) is 26.8. The Hall–Kier alpha value is 0.500. The molecule has 1 unspecified atom stereocenters. The van der Waals surface area contributed by atoms with Gasteiger partial charge in [-0.1, -0.05) is 129 Å². The molecule has 0 aliphatic heterocycles. The van der Waals surface area contributed by atoms with Crippen molar-refractivity contribution in [2.75, 3.05) is 6.61 Å². The number of halogens is 1. The summed E-state index contributed by atoms with van der Waals surface area (Å²) in [6.45, 7) is -1.39. The molecule has 0 aromatic carbocycles. The monoisotopic (exact) mass is 424 g/mol. The first-order valence-electron chi connectivity index (χ1n) is 11.7. The lowest BCUT2D eigenvalue weighted by Gasteiger charge is -2.06. The molecule has 0 rings (SSSR count). The van der Waals surface area contributed by atoms with Gasteiger partial charge in [0.05, 0.1) is 6.61 Å². The Morgan fingerprint density at radius 3 is 1.11 bits per heavy atom. The minimum Gasteiger partial charge on any atom is -0.321 e. The molecular formula is C22H46FO2PS. The molecular weight excluding hydrogens is 378 g/mol. The fourth-order valence-corrected chi connectivity index (χ4v) is 4.11. The largest absolute Gasteiger partial charge is 0.363 e. The van der Waals surface area contributed by atoms with Crippen molar-refractivity contribution < 1.29 is 13.6 Å². The van der Waals surface area contributed by atoms with Gasteiger partial charge < -0.3 is 9.42 Å². The highest BCUT2D eigenvalue weighted by atomic mass is 32.5. The van der Waals surface area contributed by atoms with Crippen molar-refractivity contribution in [1.82, 2.24) is 0 Å². The van der Waals surface area contributed by atoms with Crippen LogP contribution in [0.5, 0.6) is 0 Å². The number of rotatable bonds is 22. The van der Waals surface area contributed by atoms with Gasteiger partial charge in [-0.15, -0.1) is 0 Å². The summed E-state index contributed by atoms with van der Waals surface area (Å²) in [6, 6.07) is 0. The average molecular weight is 425 g/mol. The summed E-state index contributed by atoms with van der Waals surface area (Å²) in [4.78, 5) is 8.71. The molecule has 0 radical (unpaired) electrons. The zero-order valence-corrected chi connectivity index (χ0v) is 19.6. The van der Waals surface area contributed by atoms with Gasteiger partial charge >= 0.3 is 6.80 Å². The van der Waals surface area contributed by atoms with Crippen molar-refractivity contribution in [1.29, 1.82) is 0 Å². The Morgan fingerprint density at radius 1 is 0.593 bits per heavy atom. The third-order valence-corrected chi connectivity index (χ3v) is 6.07. The van der Waals surface area contributed by atoms with E-state index in [0.717, 1.165) is 12.8 Å². The minimum atomic E-state index is -3.93. The molecule has 0 saturated heterocycles. The summed E-state index contributed by atoms with van der Waals surface area (Å²) in [7, 11) is 0. The molecule has 1 N–H and O–H groups in total. The highest BCUT2D eigenvalue weighted by Crippen LogP contribution is 2.43. The molecule has 164 valence electrons. The maximum atomic E-state index is 12.6. The molecule has 27 heavy (non-hydrogen) atoms. The molecule has 0 heterocycles. The van der Waals surface area contributed by atoms with Gasteiger partial charge in [0.25, 0.3) is 0 Å². The Kier molecular flexibility index (Phi) is 21.6. The zero-order valence-electron chi connectivity index (χ0n) is 17.9. The summed E-state index contributed by atoms with van der Waals surface area (Å²) >= 11 is 4.19. The van der Waals surface area contributed by atoms with Crippen molar-refractivity contribution in [2.24, 2.45) is 0 Å². The normalized spacial score (nSPS) is 13.7. The van der Waals surface area contributed by atoms with Gasteiger partial charge in [0.15, 0.2) is 0 Å². The van der Waals surface area contributed by atoms with Gasteiger partial charge in [-0.05, 0) is 18.2 Å². The molecule has 0 amide bonds. The maximum absolute atomic E-state index is 12.6. The third-order valence-electron chi connectivity index (χ3n) is 5.25. The van der Waals surface area contributed by atoms with Crippen LogP contribution in [0.3, 0.4) is 0 Å². The summed E-state index contributed by atoms with van der Waals surface area (Å²) in [5.41, 5.74) is 0. The van der Waals surface area contributed by atoms with E-state index in [0.29, 0.717) is 0 Å². The molecule has 1 atom stereocenters. The number of hydrogen-bond acceptors (Lipinski definition) is 2. The second-order valence-electron chi connectivity index (χ2n) is 8.00. The fraction of sp³-hybridized carbons (Fsp3) is 1.00. The van der Waals surface area contributed by atoms with Crippen LogP contribution >= 0.6 is 6.80 Å². The van der Waals surface area contributed by atoms with E-state index in [-0.39, 0.29) is 6.61 Å². The van der Waals surface area contributed by atoms with Crippen molar-refractivity contribution in [3.05, 3.63) is 0 Å². The van der Waals surface area contributed by atoms with E-state index in [1.165, 1.54) is 116 Å². The van der Waals surface area contributed by atoms with E-state index in [1.54, 1.807) is 0 Å². The SMILES string of the molecule is CCCCCCCCCCCCCCCCCCCCCCOP(O)(F)=S. The molecule has 0 aromatic rings. The smallest absolute Gasteiger partial charge is 0.321 e. The van der Waals surface area contributed by atoms with Crippen LogP contribution in [0.2, 0.25) is 0 Å². The van der Waals surface area contributed by atoms with E-state index < -0.39 is 6.80 Å². The van der Waals surface area contributed by atoms with Gasteiger partial charge in [0, 0.05) is 0 Å². The molecule has 0 aliphatic carbocycles. The first-order valence-corrected chi connectivity index (χ1v) is 14.3. The molecule has 2 nitrogen and oxygen atoms in total. The lowest BCUT2D eigenvalue weighted by Crippen LogP contribution is -1.90. The molecule has 0 bridgehead atoms. The molecule has 0 spiro atoms. The van der Waals surface area contributed by atoms with Crippen LogP contribution in [0.15, 0.2) is 0 Å². The number of hydrogen-bond donors (Lipinski definition) is 1. The van der Waals surface area contributed by atoms with Gasteiger partial charge in [-0.2, -0.15) is 4.20 Å². The van der Waals surface area contributed by atoms with Crippen molar-refractivity contribution in [3.63, 3.8) is 0 Å². The molecule has 5 heteroatoms. The Bertz CT molecular complexity index is 336. The van der Waals surface area contributed by atoms with Gasteiger partial charge in [-0.25, -0.2) is 0 Å². The lowest BCUT2D eigenvalue weighted by atomic mass is 10.0. The van der Waals surface area contributed by atoms with Gasteiger partial charge in [0.2, 0.25) is 0 Å². The first kappa shape index (κ1) is 27.5. The minimum absolute atomic E-state index is 0.253. The van der Waals surface area contributed by atoms with E-state index in [4.69, 9.17) is 4.89 Å². The molecule has 0 aromatic heterocycles. The summed E-state index contributed by atoms with van der Waals surface area (Å²) in [5, 5.41) is 0. The van der Waals surface area contributed by atoms with Crippen LogP contribution < -0.4 is 0 Å². The lowest BCUT2D eigenvalue weighted by molar-refractivity contribution is 0.271. The quantitative estimate of drug-likeness (QED) is 0.139. The fourth-order valence-electron chi connectivity index (χ4n) is 3.53. The van der Waals surface area contributed by atoms with E-state index in [2.05, 4.69) is 23.3 Å².